The second kappa shape index (κ2) is 8.55. The summed E-state index contributed by atoms with van der Waals surface area (Å²) in [5, 5.41) is 19.2. The summed E-state index contributed by atoms with van der Waals surface area (Å²) < 4.78 is 6.22. The molecule has 5 heteroatoms. The van der Waals surface area contributed by atoms with Gasteiger partial charge in [-0.05, 0) is 66.6 Å². The van der Waals surface area contributed by atoms with Crippen molar-refractivity contribution in [3.05, 3.63) is 64.2 Å². The smallest absolute Gasteiger partial charge is 0.345 e. The minimum Gasteiger partial charge on any atom is -0.508 e. The summed E-state index contributed by atoms with van der Waals surface area (Å²) in [5.41, 5.74) is 3.15. The van der Waals surface area contributed by atoms with E-state index in [1.807, 2.05) is 58.9 Å². The third-order valence-electron chi connectivity index (χ3n) is 4.89. The zero-order chi connectivity index (χ0) is 20.2. The zero-order valence-corrected chi connectivity index (χ0v) is 16.6. The van der Waals surface area contributed by atoms with Crippen LogP contribution in [-0.2, 0) is 20.0 Å². The number of hydrogen-bond acceptors (Lipinski definition) is 5. The van der Waals surface area contributed by atoms with E-state index < -0.39 is 11.6 Å². The monoisotopic (exact) mass is 372 g/mol. The van der Waals surface area contributed by atoms with Gasteiger partial charge in [-0.2, -0.15) is 5.26 Å². The maximum absolute atomic E-state index is 12.2. The molecule has 0 spiro atoms. The van der Waals surface area contributed by atoms with Crippen molar-refractivity contribution in [3.8, 4) is 5.75 Å². The van der Waals surface area contributed by atoms with Crippen molar-refractivity contribution in [2.45, 2.75) is 52.6 Å². The van der Waals surface area contributed by atoms with E-state index in [4.69, 9.17) is 9.99 Å². The molecule has 0 radical (unpaired) electrons. The summed E-state index contributed by atoms with van der Waals surface area (Å²) in [7, 11) is 0. The Labute approximate surface area is 160 Å². The summed E-state index contributed by atoms with van der Waals surface area (Å²) in [6, 6.07) is 11.1. The highest BCUT2D eigenvalue weighted by atomic mass is 17.1. The number of rotatable bonds is 7. The van der Waals surface area contributed by atoms with Crippen LogP contribution in [0.4, 0.5) is 0 Å². The highest BCUT2D eigenvalue weighted by Crippen LogP contribution is 2.43. The molecule has 5 nitrogen and oxygen atoms in total. The molecule has 0 aliphatic heterocycles. The van der Waals surface area contributed by atoms with Gasteiger partial charge in [0.25, 0.3) is 0 Å². The topological polar surface area (TPSA) is 76.0 Å². The van der Waals surface area contributed by atoms with Crippen molar-refractivity contribution in [2.75, 3.05) is 6.61 Å². The van der Waals surface area contributed by atoms with Crippen molar-refractivity contribution in [1.82, 2.24) is 0 Å². The Morgan fingerprint density at radius 2 is 1.78 bits per heavy atom. The van der Waals surface area contributed by atoms with Crippen LogP contribution in [0, 0.1) is 13.8 Å². The van der Waals surface area contributed by atoms with Crippen LogP contribution in [0.2, 0.25) is 0 Å². The number of hydrogen-bond donors (Lipinski definition) is 2. The SMILES string of the molecule is CCOC(CC(=O)OO)(c1ccc(O)c(C(C)C)c1)c1c(C)cccc1C. The Balaban J connectivity index is 2.83. The van der Waals surface area contributed by atoms with Crippen LogP contribution in [0.25, 0.3) is 0 Å². The van der Waals surface area contributed by atoms with E-state index in [0.29, 0.717) is 6.61 Å². The first-order valence-electron chi connectivity index (χ1n) is 9.15. The van der Waals surface area contributed by atoms with Gasteiger partial charge in [-0.15, -0.1) is 0 Å². The van der Waals surface area contributed by atoms with E-state index in [0.717, 1.165) is 27.8 Å². The molecule has 2 aromatic carbocycles. The molecule has 0 bridgehead atoms. The molecule has 0 saturated carbocycles. The largest absolute Gasteiger partial charge is 0.508 e. The summed E-state index contributed by atoms with van der Waals surface area (Å²) in [6.07, 6.45) is -0.189. The van der Waals surface area contributed by atoms with Crippen LogP contribution < -0.4 is 0 Å². The molecular weight excluding hydrogens is 344 g/mol. The van der Waals surface area contributed by atoms with Gasteiger partial charge in [-0.1, -0.05) is 38.1 Å². The molecule has 0 aliphatic rings. The number of aromatic hydroxyl groups is 1. The fraction of sp³-hybridized carbons (Fsp3) is 0.409. The number of ether oxygens (including phenoxy) is 1. The maximum Gasteiger partial charge on any atom is 0.345 e. The molecule has 0 aromatic heterocycles. The van der Waals surface area contributed by atoms with Crippen LogP contribution in [0.1, 0.15) is 60.9 Å². The lowest BCUT2D eigenvalue weighted by atomic mass is 9.78. The first kappa shape index (κ1) is 20.9. The summed E-state index contributed by atoms with van der Waals surface area (Å²) in [5.74, 6) is -0.497. The van der Waals surface area contributed by atoms with Gasteiger partial charge in [-0.3, -0.25) is 0 Å². The van der Waals surface area contributed by atoms with Gasteiger partial charge in [0.05, 0.1) is 6.42 Å². The van der Waals surface area contributed by atoms with Gasteiger partial charge >= 0.3 is 5.97 Å². The van der Waals surface area contributed by atoms with Crippen molar-refractivity contribution >= 4 is 5.97 Å². The summed E-state index contributed by atoms with van der Waals surface area (Å²) in [6.45, 7) is 10.1. The highest BCUT2D eigenvalue weighted by Gasteiger charge is 2.41. The van der Waals surface area contributed by atoms with Gasteiger partial charge in [-0.25, -0.2) is 4.79 Å². The van der Waals surface area contributed by atoms with Crippen LogP contribution in [0.3, 0.4) is 0 Å². The molecular formula is C22H28O5. The number of phenols is 1. The molecule has 2 rings (SSSR count). The van der Waals surface area contributed by atoms with Crippen molar-refractivity contribution in [1.29, 1.82) is 0 Å². The Bertz CT molecular complexity index is 792. The highest BCUT2D eigenvalue weighted by molar-refractivity contribution is 5.72. The molecule has 0 saturated heterocycles. The normalized spacial score (nSPS) is 13.4. The fourth-order valence-electron chi connectivity index (χ4n) is 3.74. The lowest BCUT2D eigenvalue weighted by Crippen LogP contribution is -2.36. The number of carbonyl (C=O) groups excluding carboxylic acids is 1. The predicted octanol–water partition coefficient (Wildman–Crippen LogP) is 4.82. The molecule has 27 heavy (non-hydrogen) atoms. The van der Waals surface area contributed by atoms with Crippen molar-refractivity contribution in [3.63, 3.8) is 0 Å². The van der Waals surface area contributed by atoms with Crippen LogP contribution >= 0.6 is 0 Å². The minimum atomic E-state index is -1.14. The molecule has 0 aliphatic carbocycles. The second-order valence-corrected chi connectivity index (χ2v) is 7.10. The second-order valence-electron chi connectivity index (χ2n) is 7.10. The lowest BCUT2D eigenvalue weighted by molar-refractivity contribution is -0.238. The van der Waals surface area contributed by atoms with Gasteiger partial charge in [0.1, 0.15) is 11.4 Å². The maximum atomic E-state index is 12.2. The van der Waals surface area contributed by atoms with Crippen LogP contribution in [-0.4, -0.2) is 22.9 Å². The number of benzene rings is 2. The average molecular weight is 372 g/mol. The molecule has 1 unspecified atom stereocenters. The van der Waals surface area contributed by atoms with Gasteiger partial charge in [0.15, 0.2) is 0 Å². The van der Waals surface area contributed by atoms with Crippen molar-refractivity contribution in [2.24, 2.45) is 0 Å². The Morgan fingerprint density at radius 1 is 1.15 bits per heavy atom. The van der Waals surface area contributed by atoms with E-state index in [2.05, 4.69) is 4.89 Å². The number of aryl methyl sites for hydroxylation is 2. The predicted molar refractivity (Wildman–Crippen MR) is 104 cm³/mol. The quantitative estimate of drug-likeness (QED) is 0.538. The first-order valence-corrected chi connectivity index (χ1v) is 9.15. The first-order chi connectivity index (χ1) is 12.8. The molecule has 0 fully saturated rings. The van der Waals surface area contributed by atoms with Gasteiger partial charge in [0.2, 0.25) is 0 Å². The number of phenolic OH excluding ortho intramolecular Hbond substituents is 1. The average Bonchev–Trinajstić information content (AvgIpc) is 2.61. The van der Waals surface area contributed by atoms with E-state index in [9.17, 15) is 9.90 Å². The van der Waals surface area contributed by atoms with Gasteiger partial charge < -0.3 is 14.7 Å². The van der Waals surface area contributed by atoms with Crippen LogP contribution in [0.15, 0.2) is 36.4 Å². The molecule has 1 atom stereocenters. The molecule has 2 N–H and O–H groups in total. The Morgan fingerprint density at radius 3 is 2.30 bits per heavy atom. The molecule has 146 valence electrons. The third-order valence-corrected chi connectivity index (χ3v) is 4.89. The van der Waals surface area contributed by atoms with E-state index in [-0.39, 0.29) is 18.1 Å². The summed E-state index contributed by atoms with van der Waals surface area (Å²) >= 11 is 0. The fourth-order valence-corrected chi connectivity index (χ4v) is 3.74. The van der Waals surface area contributed by atoms with E-state index in [1.165, 1.54) is 0 Å². The molecule has 0 amide bonds. The Hall–Kier alpha value is -2.37. The van der Waals surface area contributed by atoms with E-state index >= 15 is 0 Å². The van der Waals surface area contributed by atoms with Gasteiger partial charge in [0, 0.05) is 6.61 Å². The third kappa shape index (κ3) is 4.15. The zero-order valence-electron chi connectivity index (χ0n) is 16.6. The number of carbonyl (C=O) groups is 1. The summed E-state index contributed by atoms with van der Waals surface area (Å²) in [4.78, 5) is 16.2. The lowest BCUT2D eigenvalue weighted by Gasteiger charge is -2.36. The Kier molecular flexibility index (Phi) is 6.63. The molecule has 2 aromatic rings. The minimum absolute atomic E-state index is 0.0898. The van der Waals surface area contributed by atoms with Crippen LogP contribution in [0.5, 0.6) is 5.75 Å². The van der Waals surface area contributed by atoms with Crippen molar-refractivity contribution < 1.29 is 24.8 Å². The molecule has 0 heterocycles. The van der Waals surface area contributed by atoms with E-state index in [1.54, 1.807) is 12.1 Å². The standard InChI is InChI=1S/C22H28O5/c1-6-26-22(13-20(24)27-25,21-15(4)8-7-9-16(21)5)17-10-11-19(23)18(12-17)14(2)3/h7-12,14,23,25H,6,13H2,1-5H3.